The van der Waals surface area contributed by atoms with Crippen LogP contribution in [-0.4, -0.2) is 43.3 Å². The van der Waals surface area contributed by atoms with Crippen LogP contribution in [0.2, 0.25) is 0 Å². The molecule has 0 aromatic heterocycles. The van der Waals surface area contributed by atoms with E-state index in [0.29, 0.717) is 6.54 Å². The van der Waals surface area contributed by atoms with Crippen molar-refractivity contribution in [2.45, 2.75) is 19.8 Å². The number of Topliss-reactive ketones (excluding diaryl/α,β-unsaturated/α-hetero) is 1. The van der Waals surface area contributed by atoms with E-state index in [0.717, 1.165) is 37.1 Å². The van der Waals surface area contributed by atoms with Gasteiger partial charge in [-0.3, -0.25) is 14.5 Å². The van der Waals surface area contributed by atoms with Crippen LogP contribution in [0.5, 0.6) is 0 Å². The van der Waals surface area contributed by atoms with E-state index in [4.69, 9.17) is 0 Å². The quantitative estimate of drug-likeness (QED) is 0.849. The Balaban J connectivity index is 1.85. The summed E-state index contributed by atoms with van der Waals surface area (Å²) in [5, 5.41) is 2.70. The van der Waals surface area contributed by atoms with E-state index in [-0.39, 0.29) is 17.6 Å². The predicted octanol–water partition coefficient (Wildman–Crippen LogP) is 1.64. The summed E-state index contributed by atoms with van der Waals surface area (Å²) in [5.41, 5.74) is 1.93. The molecule has 0 unspecified atom stereocenters. The normalized spacial score (nSPS) is 16.9. The average Bonchev–Trinajstić information content (AvgIpc) is 2.48. The second-order valence-corrected chi connectivity index (χ2v) is 5.45. The third kappa shape index (κ3) is 3.67. The van der Waals surface area contributed by atoms with Crippen LogP contribution < -0.4 is 5.32 Å². The Bertz CT molecular complexity index is 474. The number of piperidine rings is 1. The summed E-state index contributed by atoms with van der Waals surface area (Å²) in [7, 11) is 1.68. The summed E-state index contributed by atoms with van der Waals surface area (Å²) in [6.07, 6.45) is 1.67. The molecule has 0 atom stereocenters. The molecule has 0 radical (unpaired) electrons. The number of benzene rings is 1. The van der Waals surface area contributed by atoms with Crippen molar-refractivity contribution < 1.29 is 9.59 Å². The van der Waals surface area contributed by atoms with Crippen LogP contribution in [0.15, 0.2) is 24.3 Å². The zero-order valence-corrected chi connectivity index (χ0v) is 12.2. The largest absolute Gasteiger partial charge is 0.359 e. The first-order chi connectivity index (χ1) is 9.60. The van der Waals surface area contributed by atoms with Crippen LogP contribution in [0, 0.1) is 12.8 Å². The van der Waals surface area contributed by atoms with Gasteiger partial charge in [0.25, 0.3) is 0 Å². The average molecular weight is 274 g/mol. The molecule has 20 heavy (non-hydrogen) atoms. The minimum absolute atomic E-state index is 0.103. The number of nitrogens with zero attached hydrogens (tertiary/aromatic N) is 1. The predicted molar refractivity (Wildman–Crippen MR) is 78.7 cm³/mol. The molecule has 1 amide bonds. The monoisotopic (exact) mass is 274 g/mol. The van der Waals surface area contributed by atoms with Crippen molar-refractivity contribution in [3.05, 3.63) is 35.4 Å². The van der Waals surface area contributed by atoms with E-state index in [9.17, 15) is 9.59 Å². The molecule has 1 heterocycles. The molecule has 0 aliphatic carbocycles. The van der Waals surface area contributed by atoms with Crippen LogP contribution in [0.4, 0.5) is 0 Å². The summed E-state index contributed by atoms with van der Waals surface area (Å²) in [6.45, 7) is 4.09. The Morgan fingerprint density at radius 2 is 1.80 bits per heavy atom. The minimum atomic E-state index is 0.103. The maximum Gasteiger partial charge on any atom is 0.222 e. The number of aryl methyl sites for hydroxylation is 1. The number of hydrogen-bond acceptors (Lipinski definition) is 3. The second-order valence-electron chi connectivity index (χ2n) is 5.45. The van der Waals surface area contributed by atoms with Gasteiger partial charge >= 0.3 is 0 Å². The van der Waals surface area contributed by atoms with E-state index < -0.39 is 0 Å². The fourth-order valence-corrected chi connectivity index (χ4v) is 2.59. The maximum atomic E-state index is 12.2. The van der Waals surface area contributed by atoms with E-state index in [1.807, 2.05) is 31.2 Å². The van der Waals surface area contributed by atoms with Crippen molar-refractivity contribution in [3.8, 4) is 0 Å². The highest BCUT2D eigenvalue weighted by Gasteiger charge is 2.25. The van der Waals surface area contributed by atoms with E-state index in [1.54, 1.807) is 7.05 Å². The molecule has 108 valence electrons. The van der Waals surface area contributed by atoms with Crippen LogP contribution in [0.3, 0.4) is 0 Å². The van der Waals surface area contributed by atoms with Gasteiger partial charge in [0.2, 0.25) is 5.91 Å². The molecule has 1 aromatic carbocycles. The number of carbonyl (C=O) groups is 2. The van der Waals surface area contributed by atoms with E-state index in [2.05, 4.69) is 10.2 Å². The number of carbonyl (C=O) groups excluding carboxylic acids is 2. The topological polar surface area (TPSA) is 49.4 Å². The molecule has 1 aromatic rings. The van der Waals surface area contributed by atoms with Gasteiger partial charge in [-0.05, 0) is 32.9 Å². The highest BCUT2D eigenvalue weighted by molar-refractivity contribution is 5.97. The van der Waals surface area contributed by atoms with Crippen molar-refractivity contribution in [2.24, 2.45) is 5.92 Å². The molecular weight excluding hydrogens is 252 g/mol. The van der Waals surface area contributed by atoms with Crippen molar-refractivity contribution in [1.82, 2.24) is 10.2 Å². The molecule has 4 heteroatoms. The highest BCUT2D eigenvalue weighted by Crippen LogP contribution is 2.17. The molecule has 0 spiro atoms. The van der Waals surface area contributed by atoms with Crippen molar-refractivity contribution >= 4 is 11.7 Å². The lowest BCUT2D eigenvalue weighted by molar-refractivity contribution is -0.125. The third-order valence-corrected chi connectivity index (χ3v) is 3.95. The lowest BCUT2D eigenvalue weighted by atomic mass is 9.95. The molecule has 1 N–H and O–H groups in total. The lowest BCUT2D eigenvalue weighted by Gasteiger charge is -2.30. The minimum Gasteiger partial charge on any atom is -0.359 e. The Morgan fingerprint density at radius 1 is 1.20 bits per heavy atom. The molecule has 1 aliphatic heterocycles. The van der Waals surface area contributed by atoms with Gasteiger partial charge in [0.05, 0.1) is 6.54 Å². The first-order valence-corrected chi connectivity index (χ1v) is 7.14. The van der Waals surface area contributed by atoms with E-state index >= 15 is 0 Å². The Labute approximate surface area is 120 Å². The fourth-order valence-electron chi connectivity index (χ4n) is 2.59. The Morgan fingerprint density at radius 3 is 2.35 bits per heavy atom. The number of rotatable bonds is 4. The summed E-state index contributed by atoms with van der Waals surface area (Å²) < 4.78 is 0. The summed E-state index contributed by atoms with van der Waals surface area (Å²) in [4.78, 5) is 25.9. The fraction of sp³-hybridized carbons (Fsp3) is 0.500. The van der Waals surface area contributed by atoms with Crippen LogP contribution in [-0.2, 0) is 4.79 Å². The van der Waals surface area contributed by atoms with Crippen LogP contribution in [0.1, 0.15) is 28.8 Å². The molecular formula is C16H22N2O2. The second kappa shape index (κ2) is 6.66. The standard InChI is InChI=1S/C16H22N2O2/c1-12-3-5-13(6-4-12)15(19)11-18-9-7-14(8-10-18)16(20)17-2/h3-6,14H,7-11H2,1-2H3,(H,17,20). The number of amides is 1. The van der Waals surface area contributed by atoms with Gasteiger partial charge in [0.15, 0.2) is 5.78 Å². The molecule has 1 saturated heterocycles. The van der Waals surface area contributed by atoms with Crippen LogP contribution >= 0.6 is 0 Å². The Hall–Kier alpha value is -1.68. The van der Waals surface area contributed by atoms with E-state index in [1.165, 1.54) is 0 Å². The highest BCUT2D eigenvalue weighted by atomic mass is 16.1. The smallest absolute Gasteiger partial charge is 0.222 e. The lowest BCUT2D eigenvalue weighted by Crippen LogP contribution is -2.41. The third-order valence-electron chi connectivity index (χ3n) is 3.95. The molecule has 1 aliphatic rings. The SMILES string of the molecule is CNC(=O)C1CCN(CC(=O)c2ccc(C)cc2)CC1. The molecule has 2 rings (SSSR count). The summed E-state index contributed by atoms with van der Waals surface area (Å²) >= 11 is 0. The first kappa shape index (κ1) is 14.7. The number of nitrogens with one attached hydrogen (secondary N) is 1. The van der Waals surface area contributed by atoms with Crippen LogP contribution in [0.25, 0.3) is 0 Å². The molecule has 0 saturated carbocycles. The van der Waals surface area contributed by atoms with Crippen molar-refractivity contribution in [1.29, 1.82) is 0 Å². The van der Waals surface area contributed by atoms with Gasteiger partial charge in [-0.1, -0.05) is 29.8 Å². The number of hydrogen-bond donors (Lipinski definition) is 1. The maximum absolute atomic E-state index is 12.2. The zero-order chi connectivity index (χ0) is 14.5. The van der Waals surface area contributed by atoms with Gasteiger partial charge in [-0.2, -0.15) is 0 Å². The summed E-state index contributed by atoms with van der Waals surface area (Å²) in [6, 6.07) is 7.69. The molecule has 0 bridgehead atoms. The van der Waals surface area contributed by atoms with Gasteiger partial charge in [-0.15, -0.1) is 0 Å². The Kier molecular flexibility index (Phi) is 4.90. The number of ketones is 1. The van der Waals surface area contributed by atoms with Crippen molar-refractivity contribution in [2.75, 3.05) is 26.7 Å². The molecule has 4 nitrogen and oxygen atoms in total. The van der Waals surface area contributed by atoms with Gasteiger partial charge in [0.1, 0.15) is 0 Å². The first-order valence-electron chi connectivity index (χ1n) is 7.14. The van der Waals surface area contributed by atoms with Gasteiger partial charge < -0.3 is 5.32 Å². The summed E-state index contributed by atoms with van der Waals surface area (Å²) in [5.74, 6) is 0.378. The zero-order valence-electron chi connectivity index (χ0n) is 12.2. The molecule has 1 fully saturated rings. The van der Waals surface area contributed by atoms with Gasteiger partial charge in [0, 0.05) is 18.5 Å². The van der Waals surface area contributed by atoms with Gasteiger partial charge in [-0.25, -0.2) is 0 Å². The van der Waals surface area contributed by atoms with Crippen molar-refractivity contribution in [3.63, 3.8) is 0 Å². The number of likely N-dealkylation sites (tertiary alicyclic amines) is 1.